The molecule has 5 nitrogen and oxygen atoms in total. The molecule has 0 aliphatic heterocycles. The first-order chi connectivity index (χ1) is 7.75. The first-order valence-corrected chi connectivity index (χ1v) is 4.86. The maximum atomic E-state index is 10.6. The average Bonchev–Trinajstić information content (AvgIpc) is 2.76. The van der Waals surface area contributed by atoms with Crippen LogP contribution in [0.1, 0.15) is 12.6 Å². The minimum atomic E-state index is -0.325. The highest BCUT2D eigenvalue weighted by Crippen LogP contribution is 2.04. The molecule has 0 spiro atoms. The van der Waals surface area contributed by atoms with Gasteiger partial charge in [-0.3, -0.25) is 4.79 Å². The van der Waals surface area contributed by atoms with Crippen LogP contribution in [0.2, 0.25) is 0 Å². The fraction of sp³-hybridized carbons (Fsp3) is 0.182. The number of carbonyl (C=O) groups excluding carboxylic acids is 1. The Morgan fingerprint density at radius 3 is 2.81 bits per heavy atom. The van der Waals surface area contributed by atoms with Crippen molar-refractivity contribution >= 4 is 5.97 Å². The molecule has 5 heteroatoms. The molecule has 0 fully saturated rings. The summed E-state index contributed by atoms with van der Waals surface area (Å²) >= 11 is 0. The Labute approximate surface area is 92.7 Å². The number of rotatable bonds is 3. The molecule has 1 aromatic carbocycles. The van der Waals surface area contributed by atoms with E-state index in [2.05, 4.69) is 10.2 Å². The van der Waals surface area contributed by atoms with E-state index in [1.807, 2.05) is 30.3 Å². The van der Waals surface area contributed by atoms with Crippen LogP contribution in [0.3, 0.4) is 0 Å². The van der Waals surface area contributed by atoms with E-state index in [0.717, 1.165) is 5.69 Å². The zero-order valence-corrected chi connectivity index (χ0v) is 8.83. The van der Waals surface area contributed by atoms with Gasteiger partial charge >= 0.3 is 5.97 Å². The highest BCUT2D eigenvalue weighted by molar-refractivity contribution is 5.65. The highest BCUT2D eigenvalue weighted by atomic mass is 16.5. The molecule has 0 radical (unpaired) electrons. The van der Waals surface area contributed by atoms with E-state index >= 15 is 0 Å². The van der Waals surface area contributed by atoms with Gasteiger partial charge in [0.15, 0.2) is 0 Å². The molecule has 2 aromatic rings. The largest absolute Gasteiger partial charge is 0.459 e. The number of nitrogens with zero attached hydrogens (tertiary/aromatic N) is 3. The summed E-state index contributed by atoms with van der Waals surface area (Å²) in [6, 6.07) is 9.53. The van der Waals surface area contributed by atoms with Crippen molar-refractivity contribution in [3.8, 4) is 5.69 Å². The van der Waals surface area contributed by atoms with Crippen molar-refractivity contribution in [2.75, 3.05) is 0 Å². The smallest absolute Gasteiger partial charge is 0.303 e. The summed E-state index contributed by atoms with van der Waals surface area (Å²) in [7, 11) is 0. The van der Waals surface area contributed by atoms with Gasteiger partial charge in [-0.1, -0.05) is 18.2 Å². The van der Waals surface area contributed by atoms with Gasteiger partial charge in [0, 0.05) is 6.92 Å². The number of hydrogen-bond acceptors (Lipinski definition) is 4. The maximum Gasteiger partial charge on any atom is 0.303 e. The number of ether oxygens (including phenoxy) is 1. The molecule has 0 N–H and O–H groups in total. The van der Waals surface area contributed by atoms with Gasteiger partial charge in [0.2, 0.25) is 0 Å². The third-order valence-electron chi connectivity index (χ3n) is 1.95. The monoisotopic (exact) mass is 217 g/mol. The number of carbonyl (C=O) groups is 1. The van der Waals surface area contributed by atoms with Crippen molar-refractivity contribution in [3.63, 3.8) is 0 Å². The maximum absolute atomic E-state index is 10.6. The fourth-order valence-corrected chi connectivity index (χ4v) is 1.22. The SMILES string of the molecule is CC(=O)OCc1cnn(-c2ccccc2)n1. The van der Waals surface area contributed by atoms with E-state index < -0.39 is 0 Å². The molecule has 0 amide bonds. The summed E-state index contributed by atoms with van der Waals surface area (Å²) in [4.78, 5) is 12.1. The first-order valence-electron chi connectivity index (χ1n) is 4.86. The van der Waals surface area contributed by atoms with Crippen LogP contribution in [0.5, 0.6) is 0 Å². The van der Waals surface area contributed by atoms with Gasteiger partial charge in [-0.15, -0.1) is 5.10 Å². The molecule has 0 aliphatic carbocycles. The summed E-state index contributed by atoms with van der Waals surface area (Å²) in [6.07, 6.45) is 1.58. The molecular formula is C11H11N3O2. The predicted octanol–water partition coefficient (Wildman–Crippen LogP) is 1.33. The lowest BCUT2D eigenvalue weighted by Crippen LogP contribution is -2.01. The molecule has 0 atom stereocenters. The lowest BCUT2D eigenvalue weighted by Gasteiger charge is -1.98. The van der Waals surface area contributed by atoms with Crippen LogP contribution in [0.25, 0.3) is 5.69 Å². The summed E-state index contributed by atoms with van der Waals surface area (Å²) in [5.74, 6) is -0.325. The molecule has 1 aromatic heterocycles. The van der Waals surface area contributed by atoms with Crippen molar-refractivity contribution in [2.45, 2.75) is 13.5 Å². The molecule has 82 valence electrons. The summed E-state index contributed by atoms with van der Waals surface area (Å²) < 4.78 is 4.82. The molecule has 0 unspecified atom stereocenters. The van der Waals surface area contributed by atoms with Gasteiger partial charge in [0.25, 0.3) is 0 Å². The fourth-order valence-electron chi connectivity index (χ4n) is 1.22. The Bertz CT molecular complexity index is 479. The van der Waals surface area contributed by atoms with Crippen molar-refractivity contribution in [3.05, 3.63) is 42.2 Å². The Balaban J connectivity index is 2.11. The zero-order valence-electron chi connectivity index (χ0n) is 8.83. The first kappa shape index (κ1) is 10.4. The molecule has 0 saturated heterocycles. The third kappa shape index (κ3) is 2.44. The van der Waals surface area contributed by atoms with E-state index in [-0.39, 0.29) is 12.6 Å². The summed E-state index contributed by atoms with van der Waals surface area (Å²) in [5, 5.41) is 8.26. The van der Waals surface area contributed by atoms with Crippen molar-refractivity contribution in [1.29, 1.82) is 0 Å². The van der Waals surface area contributed by atoms with Gasteiger partial charge in [0.05, 0.1) is 11.9 Å². The van der Waals surface area contributed by atoms with Crippen molar-refractivity contribution in [2.24, 2.45) is 0 Å². The average molecular weight is 217 g/mol. The van der Waals surface area contributed by atoms with Crippen LogP contribution in [0.15, 0.2) is 36.5 Å². The van der Waals surface area contributed by atoms with Gasteiger partial charge in [-0.25, -0.2) is 0 Å². The molecule has 16 heavy (non-hydrogen) atoms. The Morgan fingerprint density at radius 2 is 2.12 bits per heavy atom. The van der Waals surface area contributed by atoms with Crippen LogP contribution in [0.4, 0.5) is 0 Å². The van der Waals surface area contributed by atoms with Crippen LogP contribution in [-0.2, 0) is 16.1 Å². The van der Waals surface area contributed by atoms with Crippen LogP contribution in [0, 0.1) is 0 Å². The quantitative estimate of drug-likeness (QED) is 0.728. The van der Waals surface area contributed by atoms with Crippen LogP contribution < -0.4 is 0 Å². The van der Waals surface area contributed by atoms with Crippen molar-refractivity contribution in [1.82, 2.24) is 15.0 Å². The Kier molecular flexibility index (Phi) is 2.95. The second-order valence-corrected chi connectivity index (χ2v) is 3.24. The molecular weight excluding hydrogens is 206 g/mol. The topological polar surface area (TPSA) is 57.0 Å². The minimum Gasteiger partial charge on any atom is -0.459 e. The van der Waals surface area contributed by atoms with E-state index in [9.17, 15) is 4.79 Å². The van der Waals surface area contributed by atoms with Crippen LogP contribution >= 0.6 is 0 Å². The predicted molar refractivity (Wildman–Crippen MR) is 56.8 cm³/mol. The van der Waals surface area contributed by atoms with Gasteiger partial charge in [0.1, 0.15) is 12.3 Å². The number of benzene rings is 1. The normalized spacial score (nSPS) is 10.1. The van der Waals surface area contributed by atoms with Gasteiger partial charge in [-0.2, -0.15) is 9.90 Å². The zero-order chi connectivity index (χ0) is 11.4. The second kappa shape index (κ2) is 4.57. The second-order valence-electron chi connectivity index (χ2n) is 3.24. The minimum absolute atomic E-state index is 0.155. The van der Waals surface area contributed by atoms with E-state index in [1.54, 1.807) is 6.20 Å². The summed E-state index contributed by atoms with van der Waals surface area (Å²) in [6.45, 7) is 1.52. The van der Waals surface area contributed by atoms with Gasteiger partial charge in [-0.05, 0) is 12.1 Å². The van der Waals surface area contributed by atoms with Gasteiger partial charge < -0.3 is 4.74 Å². The highest BCUT2D eigenvalue weighted by Gasteiger charge is 2.03. The molecule has 2 rings (SSSR count). The van der Waals surface area contributed by atoms with Crippen molar-refractivity contribution < 1.29 is 9.53 Å². The summed E-state index contributed by atoms with van der Waals surface area (Å²) in [5.41, 5.74) is 1.50. The molecule has 0 bridgehead atoms. The molecule has 0 saturated carbocycles. The number of hydrogen-bond donors (Lipinski definition) is 0. The standard InChI is InChI=1S/C11H11N3O2/c1-9(15)16-8-10-7-12-14(13-10)11-5-3-2-4-6-11/h2-7H,8H2,1H3. The lowest BCUT2D eigenvalue weighted by atomic mass is 10.3. The van der Waals surface area contributed by atoms with E-state index in [4.69, 9.17) is 4.74 Å². The van der Waals surface area contributed by atoms with Crippen LogP contribution in [-0.4, -0.2) is 21.0 Å². The molecule has 1 heterocycles. The Morgan fingerprint density at radius 1 is 1.38 bits per heavy atom. The number of esters is 1. The third-order valence-corrected chi connectivity index (χ3v) is 1.95. The Hall–Kier alpha value is -2.17. The molecule has 0 aliphatic rings. The lowest BCUT2D eigenvalue weighted by molar-refractivity contribution is -0.142. The van der Waals surface area contributed by atoms with E-state index in [1.165, 1.54) is 11.7 Å². The van der Waals surface area contributed by atoms with E-state index in [0.29, 0.717) is 5.69 Å². The number of para-hydroxylation sites is 1. The number of aromatic nitrogens is 3.